The summed E-state index contributed by atoms with van der Waals surface area (Å²) in [6.07, 6.45) is 1.20. The second kappa shape index (κ2) is 8.82. The van der Waals surface area contributed by atoms with Crippen molar-refractivity contribution in [2.75, 3.05) is 6.54 Å². The third-order valence-electron chi connectivity index (χ3n) is 3.42. The first-order valence-corrected chi connectivity index (χ1v) is 8.18. The molecule has 0 aliphatic carbocycles. The Morgan fingerprint density at radius 2 is 1.82 bits per heavy atom. The van der Waals surface area contributed by atoms with Crippen LogP contribution in [0.15, 0.2) is 48.5 Å². The molecule has 2 aromatic carbocycles. The van der Waals surface area contributed by atoms with E-state index in [0.29, 0.717) is 6.61 Å². The van der Waals surface area contributed by atoms with E-state index in [1.54, 1.807) is 0 Å². The lowest BCUT2D eigenvalue weighted by atomic mass is 10.1. The maximum Gasteiger partial charge on any atom is 0.120 e. The van der Waals surface area contributed by atoms with Gasteiger partial charge in [-0.2, -0.15) is 0 Å². The van der Waals surface area contributed by atoms with E-state index in [-0.39, 0.29) is 0 Å². The largest absolute Gasteiger partial charge is 0.489 e. The lowest BCUT2D eigenvalue weighted by molar-refractivity contribution is 0.306. The van der Waals surface area contributed by atoms with Gasteiger partial charge in [-0.3, -0.25) is 0 Å². The molecule has 22 heavy (non-hydrogen) atoms. The van der Waals surface area contributed by atoms with Crippen molar-refractivity contribution in [3.05, 3.63) is 64.7 Å². The predicted octanol–water partition coefficient (Wildman–Crippen LogP) is 5.05. The molecule has 0 unspecified atom stereocenters. The van der Waals surface area contributed by atoms with Gasteiger partial charge in [-0.15, -0.1) is 0 Å². The number of hydrogen-bond acceptors (Lipinski definition) is 2. The van der Waals surface area contributed by atoms with Crippen molar-refractivity contribution < 1.29 is 4.74 Å². The number of hydrogen-bond donors (Lipinski definition) is 1. The Labute approximate surface area is 138 Å². The molecule has 0 heterocycles. The van der Waals surface area contributed by atoms with E-state index in [0.717, 1.165) is 35.3 Å². The highest BCUT2D eigenvalue weighted by Gasteiger charge is 2.00. The van der Waals surface area contributed by atoms with Crippen molar-refractivity contribution in [1.82, 2.24) is 5.32 Å². The highest BCUT2D eigenvalue weighted by atomic mass is 35.5. The zero-order valence-corrected chi connectivity index (χ0v) is 14.1. The number of ether oxygens (including phenoxy) is 1. The standard InChI is InChI=1S/C19H24ClNO/c1-15(2)9-10-21-13-16-5-4-8-19(12-16)22-14-17-6-3-7-18(20)11-17/h3-8,11-12,15,21H,9-10,13-14H2,1-2H3. The van der Waals surface area contributed by atoms with E-state index in [2.05, 4.69) is 31.3 Å². The van der Waals surface area contributed by atoms with E-state index in [1.807, 2.05) is 36.4 Å². The first kappa shape index (κ1) is 16.9. The molecule has 0 atom stereocenters. The monoisotopic (exact) mass is 317 g/mol. The number of benzene rings is 2. The minimum Gasteiger partial charge on any atom is -0.489 e. The van der Waals surface area contributed by atoms with E-state index < -0.39 is 0 Å². The third kappa shape index (κ3) is 6.08. The van der Waals surface area contributed by atoms with Crippen molar-refractivity contribution in [1.29, 1.82) is 0 Å². The van der Waals surface area contributed by atoms with Crippen LogP contribution >= 0.6 is 11.6 Å². The Bertz CT molecular complexity index is 583. The topological polar surface area (TPSA) is 21.3 Å². The van der Waals surface area contributed by atoms with Gasteiger partial charge < -0.3 is 10.1 Å². The summed E-state index contributed by atoms with van der Waals surface area (Å²) in [5.74, 6) is 1.63. The van der Waals surface area contributed by atoms with Gasteiger partial charge in [0.1, 0.15) is 12.4 Å². The van der Waals surface area contributed by atoms with Crippen LogP contribution in [0.1, 0.15) is 31.4 Å². The van der Waals surface area contributed by atoms with Gasteiger partial charge in [-0.25, -0.2) is 0 Å². The summed E-state index contributed by atoms with van der Waals surface area (Å²) < 4.78 is 5.85. The smallest absolute Gasteiger partial charge is 0.120 e. The summed E-state index contributed by atoms with van der Waals surface area (Å²) in [5.41, 5.74) is 2.32. The van der Waals surface area contributed by atoms with Gasteiger partial charge in [0, 0.05) is 11.6 Å². The molecule has 0 radical (unpaired) electrons. The minimum absolute atomic E-state index is 0.533. The van der Waals surface area contributed by atoms with E-state index in [9.17, 15) is 0 Å². The van der Waals surface area contributed by atoms with Crippen molar-refractivity contribution >= 4 is 11.6 Å². The molecule has 0 aromatic heterocycles. The molecule has 0 saturated carbocycles. The molecule has 1 N–H and O–H groups in total. The lowest BCUT2D eigenvalue weighted by Crippen LogP contribution is -2.16. The Morgan fingerprint density at radius 3 is 2.59 bits per heavy atom. The first-order valence-electron chi connectivity index (χ1n) is 7.80. The average Bonchev–Trinajstić information content (AvgIpc) is 2.50. The Balaban J connectivity index is 1.83. The SMILES string of the molecule is CC(C)CCNCc1cccc(OCc2cccc(Cl)c2)c1. The van der Waals surface area contributed by atoms with Gasteiger partial charge in [0.05, 0.1) is 0 Å². The van der Waals surface area contributed by atoms with Gasteiger partial charge in [-0.1, -0.05) is 49.7 Å². The summed E-state index contributed by atoms with van der Waals surface area (Å²) in [4.78, 5) is 0. The molecule has 2 aromatic rings. The molecule has 0 amide bonds. The first-order chi connectivity index (χ1) is 10.6. The fourth-order valence-electron chi connectivity index (χ4n) is 2.16. The van der Waals surface area contributed by atoms with Crippen LogP contribution < -0.4 is 10.1 Å². The molecule has 0 saturated heterocycles. The molecule has 118 valence electrons. The van der Waals surface area contributed by atoms with Gasteiger partial charge in [-0.05, 0) is 54.3 Å². The second-order valence-electron chi connectivity index (χ2n) is 5.93. The summed E-state index contributed by atoms with van der Waals surface area (Å²) in [6.45, 7) is 6.94. The predicted molar refractivity (Wildman–Crippen MR) is 93.4 cm³/mol. The van der Waals surface area contributed by atoms with Gasteiger partial charge in [0.2, 0.25) is 0 Å². The molecule has 0 aliphatic heterocycles. The van der Waals surface area contributed by atoms with Crippen LogP contribution in [0.2, 0.25) is 5.02 Å². The third-order valence-corrected chi connectivity index (χ3v) is 3.66. The lowest BCUT2D eigenvalue weighted by Gasteiger charge is -2.10. The number of rotatable bonds is 8. The van der Waals surface area contributed by atoms with Crippen LogP contribution in [0.5, 0.6) is 5.75 Å². The molecule has 0 spiro atoms. The quantitative estimate of drug-likeness (QED) is 0.687. The van der Waals surface area contributed by atoms with E-state index in [4.69, 9.17) is 16.3 Å². The average molecular weight is 318 g/mol. The van der Waals surface area contributed by atoms with Crippen LogP contribution in [0.4, 0.5) is 0 Å². The van der Waals surface area contributed by atoms with Crippen LogP contribution in [-0.4, -0.2) is 6.54 Å². The Kier molecular flexibility index (Phi) is 6.75. The van der Waals surface area contributed by atoms with Gasteiger partial charge in [0.15, 0.2) is 0 Å². The minimum atomic E-state index is 0.533. The molecule has 2 rings (SSSR count). The summed E-state index contributed by atoms with van der Waals surface area (Å²) in [5, 5.41) is 4.21. The Morgan fingerprint density at radius 1 is 1.05 bits per heavy atom. The maximum atomic E-state index is 5.98. The molecule has 3 heteroatoms. The zero-order chi connectivity index (χ0) is 15.8. The zero-order valence-electron chi connectivity index (χ0n) is 13.3. The molecule has 0 aliphatic rings. The van der Waals surface area contributed by atoms with Crippen molar-refractivity contribution in [2.45, 2.75) is 33.4 Å². The molecule has 0 bridgehead atoms. The van der Waals surface area contributed by atoms with Crippen molar-refractivity contribution in [3.63, 3.8) is 0 Å². The number of halogens is 1. The van der Waals surface area contributed by atoms with Gasteiger partial charge >= 0.3 is 0 Å². The number of nitrogens with one attached hydrogen (secondary N) is 1. The summed E-state index contributed by atoms with van der Waals surface area (Å²) in [7, 11) is 0. The molecular weight excluding hydrogens is 294 g/mol. The van der Waals surface area contributed by atoms with Crippen LogP contribution in [0, 0.1) is 5.92 Å². The molecular formula is C19H24ClNO. The normalized spacial score (nSPS) is 10.9. The maximum absolute atomic E-state index is 5.98. The van der Waals surface area contributed by atoms with E-state index >= 15 is 0 Å². The fraction of sp³-hybridized carbons (Fsp3) is 0.368. The highest BCUT2D eigenvalue weighted by Crippen LogP contribution is 2.17. The Hall–Kier alpha value is -1.51. The summed E-state index contributed by atoms with van der Waals surface area (Å²) in [6, 6.07) is 16.0. The summed E-state index contributed by atoms with van der Waals surface area (Å²) >= 11 is 5.98. The van der Waals surface area contributed by atoms with E-state index in [1.165, 1.54) is 12.0 Å². The second-order valence-corrected chi connectivity index (χ2v) is 6.36. The van der Waals surface area contributed by atoms with Crippen molar-refractivity contribution in [2.24, 2.45) is 5.92 Å². The molecule has 2 nitrogen and oxygen atoms in total. The van der Waals surface area contributed by atoms with Crippen LogP contribution in [-0.2, 0) is 13.2 Å². The van der Waals surface area contributed by atoms with Crippen LogP contribution in [0.3, 0.4) is 0 Å². The highest BCUT2D eigenvalue weighted by molar-refractivity contribution is 6.30. The van der Waals surface area contributed by atoms with Crippen LogP contribution in [0.25, 0.3) is 0 Å². The van der Waals surface area contributed by atoms with Gasteiger partial charge in [0.25, 0.3) is 0 Å². The van der Waals surface area contributed by atoms with Crippen molar-refractivity contribution in [3.8, 4) is 5.75 Å². The fourth-order valence-corrected chi connectivity index (χ4v) is 2.37. The molecule has 0 fully saturated rings.